The Bertz CT molecular complexity index is 691. The van der Waals surface area contributed by atoms with E-state index in [1.165, 1.54) is 0 Å². The number of fused-ring (bicyclic) bond motifs is 1. The van der Waals surface area contributed by atoms with Crippen molar-refractivity contribution in [2.45, 2.75) is 32.4 Å². The van der Waals surface area contributed by atoms with Gasteiger partial charge < -0.3 is 9.47 Å². The summed E-state index contributed by atoms with van der Waals surface area (Å²) in [5.74, 6) is 0.700. The fourth-order valence-electron chi connectivity index (χ4n) is 2.65. The van der Waals surface area contributed by atoms with Crippen LogP contribution in [0.2, 0.25) is 0 Å². The van der Waals surface area contributed by atoms with E-state index in [0.717, 1.165) is 11.3 Å². The normalized spacial score (nSPS) is 17.2. The van der Waals surface area contributed by atoms with Gasteiger partial charge in [0.05, 0.1) is 11.7 Å². The van der Waals surface area contributed by atoms with Gasteiger partial charge in [0.25, 0.3) is 0 Å². The van der Waals surface area contributed by atoms with Crippen molar-refractivity contribution in [2.75, 3.05) is 11.5 Å². The largest absolute Gasteiger partial charge is 0.489 e. The molecule has 0 saturated heterocycles. The lowest BCUT2D eigenvalue weighted by atomic mass is 10.0. The van der Waals surface area contributed by atoms with Gasteiger partial charge in [-0.05, 0) is 38.5 Å². The van der Waals surface area contributed by atoms with Crippen LogP contribution in [0.15, 0.2) is 54.6 Å². The molecule has 0 fully saturated rings. The van der Waals surface area contributed by atoms with Gasteiger partial charge >= 0.3 is 6.09 Å². The first-order valence-electron chi connectivity index (χ1n) is 7.75. The number of para-hydroxylation sites is 2. The third kappa shape index (κ3) is 3.31. The van der Waals surface area contributed by atoms with Crippen molar-refractivity contribution in [3.05, 3.63) is 60.2 Å². The maximum absolute atomic E-state index is 12.8. The molecule has 23 heavy (non-hydrogen) atoms. The van der Waals surface area contributed by atoms with Crippen molar-refractivity contribution in [1.82, 2.24) is 0 Å². The Morgan fingerprint density at radius 3 is 2.43 bits per heavy atom. The zero-order chi connectivity index (χ0) is 16.4. The van der Waals surface area contributed by atoms with Crippen LogP contribution in [0.25, 0.3) is 0 Å². The first-order valence-corrected chi connectivity index (χ1v) is 7.75. The highest BCUT2D eigenvalue weighted by Crippen LogP contribution is 2.40. The van der Waals surface area contributed by atoms with Gasteiger partial charge in [0.2, 0.25) is 0 Å². The van der Waals surface area contributed by atoms with E-state index in [9.17, 15) is 4.79 Å². The molecular formula is C19H21NO3. The fraction of sp³-hybridized carbons (Fsp3) is 0.316. The van der Waals surface area contributed by atoms with E-state index in [1.54, 1.807) is 4.90 Å². The first kappa shape index (κ1) is 15.4. The number of hydrogen-bond donors (Lipinski definition) is 0. The summed E-state index contributed by atoms with van der Waals surface area (Å²) in [5.41, 5.74) is 1.21. The molecule has 0 unspecified atom stereocenters. The van der Waals surface area contributed by atoms with Gasteiger partial charge in [-0.25, -0.2) is 4.79 Å². The molecule has 0 aliphatic carbocycles. The molecule has 0 spiro atoms. The highest BCUT2D eigenvalue weighted by Gasteiger charge is 2.35. The van der Waals surface area contributed by atoms with Gasteiger partial charge in [-0.15, -0.1) is 0 Å². The van der Waals surface area contributed by atoms with Crippen molar-refractivity contribution in [1.29, 1.82) is 0 Å². The minimum Gasteiger partial charge on any atom is -0.489 e. The number of hydrogen-bond acceptors (Lipinski definition) is 3. The lowest BCUT2D eigenvalue weighted by Crippen LogP contribution is -2.43. The van der Waals surface area contributed by atoms with Gasteiger partial charge in [-0.1, -0.05) is 42.5 Å². The summed E-state index contributed by atoms with van der Waals surface area (Å²) in [6.07, 6.45) is -0.359. The van der Waals surface area contributed by atoms with E-state index >= 15 is 0 Å². The van der Waals surface area contributed by atoms with E-state index in [4.69, 9.17) is 9.47 Å². The number of ether oxygens (including phenoxy) is 2. The van der Waals surface area contributed by atoms with E-state index in [2.05, 4.69) is 0 Å². The Morgan fingerprint density at radius 2 is 1.74 bits per heavy atom. The van der Waals surface area contributed by atoms with E-state index in [-0.39, 0.29) is 12.1 Å². The highest BCUT2D eigenvalue weighted by atomic mass is 16.6. The van der Waals surface area contributed by atoms with Gasteiger partial charge in [0.15, 0.2) is 0 Å². The molecule has 1 atom stereocenters. The fourth-order valence-corrected chi connectivity index (χ4v) is 2.65. The molecule has 1 aliphatic heterocycles. The molecule has 0 N–H and O–H groups in total. The molecule has 1 amide bonds. The van der Waals surface area contributed by atoms with Crippen LogP contribution in [0.5, 0.6) is 5.75 Å². The molecule has 4 nitrogen and oxygen atoms in total. The summed E-state index contributed by atoms with van der Waals surface area (Å²) < 4.78 is 11.5. The van der Waals surface area contributed by atoms with Crippen LogP contribution in [0.1, 0.15) is 32.4 Å². The summed E-state index contributed by atoms with van der Waals surface area (Å²) in [6, 6.07) is 17.2. The molecule has 3 rings (SSSR count). The Labute approximate surface area is 136 Å². The standard InChI is InChI=1S/C19H21NO3/c1-19(2,3)23-18(21)20-15-11-7-8-12-17(15)22-13-16(20)14-9-5-4-6-10-14/h4-12,16H,13H2,1-3H3/t16-/m1/s1. The molecule has 0 aromatic heterocycles. The number of benzene rings is 2. The summed E-state index contributed by atoms with van der Waals surface area (Å²) in [4.78, 5) is 14.5. The topological polar surface area (TPSA) is 38.8 Å². The van der Waals surface area contributed by atoms with Gasteiger partial charge in [-0.2, -0.15) is 0 Å². The van der Waals surface area contributed by atoms with Crippen molar-refractivity contribution < 1.29 is 14.3 Å². The lowest BCUT2D eigenvalue weighted by molar-refractivity contribution is 0.0542. The lowest BCUT2D eigenvalue weighted by Gasteiger charge is -2.37. The van der Waals surface area contributed by atoms with Crippen LogP contribution in [0.3, 0.4) is 0 Å². The summed E-state index contributed by atoms with van der Waals surface area (Å²) in [5, 5.41) is 0. The Balaban J connectivity index is 2.02. The Morgan fingerprint density at radius 1 is 1.09 bits per heavy atom. The predicted octanol–water partition coefficient (Wildman–Crippen LogP) is 4.56. The second kappa shape index (κ2) is 5.95. The van der Waals surface area contributed by atoms with E-state index < -0.39 is 5.60 Å². The quantitative estimate of drug-likeness (QED) is 0.775. The van der Waals surface area contributed by atoms with Crippen molar-refractivity contribution in [2.24, 2.45) is 0 Å². The monoisotopic (exact) mass is 311 g/mol. The van der Waals surface area contributed by atoms with Crippen molar-refractivity contribution >= 4 is 11.8 Å². The number of nitrogens with zero attached hydrogens (tertiary/aromatic N) is 1. The number of carbonyl (C=O) groups excluding carboxylic acids is 1. The third-order valence-electron chi connectivity index (χ3n) is 3.61. The van der Waals surface area contributed by atoms with Crippen LogP contribution in [0, 0.1) is 0 Å². The summed E-state index contributed by atoms with van der Waals surface area (Å²) in [7, 11) is 0. The van der Waals surface area contributed by atoms with Crippen LogP contribution in [-0.4, -0.2) is 18.3 Å². The maximum atomic E-state index is 12.8. The second-order valence-corrected chi connectivity index (χ2v) is 6.56. The number of anilines is 1. The zero-order valence-electron chi connectivity index (χ0n) is 13.7. The van der Waals surface area contributed by atoms with Crippen LogP contribution < -0.4 is 9.64 Å². The number of carbonyl (C=O) groups is 1. The average molecular weight is 311 g/mol. The Kier molecular flexibility index (Phi) is 3.99. The molecule has 2 aromatic carbocycles. The molecule has 1 heterocycles. The second-order valence-electron chi connectivity index (χ2n) is 6.56. The Hall–Kier alpha value is -2.49. The maximum Gasteiger partial charge on any atom is 0.415 e. The predicted molar refractivity (Wildman–Crippen MR) is 89.8 cm³/mol. The smallest absolute Gasteiger partial charge is 0.415 e. The molecular weight excluding hydrogens is 290 g/mol. The van der Waals surface area contributed by atoms with Crippen LogP contribution in [-0.2, 0) is 4.74 Å². The minimum atomic E-state index is -0.550. The number of rotatable bonds is 1. The third-order valence-corrected chi connectivity index (χ3v) is 3.61. The van der Waals surface area contributed by atoms with Crippen molar-refractivity contribution in [3.63, 3.8) is 0 Å². The van der Waals surface area contributed by atoms with Gasteiger partial charge in [-0.3, -0.25) is 4.90 Å². The molecule has 120 valence electrons. The molecule has 0 bridgehead atoms. The SMILES string of the molecule is CC(C)(C)OC(=O)N1c2ccccc2OC[C@@H]1c1ccccc1. The summed E-state index contributed by atoms with van der Waals surface area (Å²) >= 11 is 0. The first-order chi connectivity index (χ1) is 11.0. The number of amides is 1. The van der Waals surface area contributed by atoms with E-state index in [0.29, 0.717) is 12.4 Å². The molecule has 2 aromatic rings. The minimum absolute atomic E-state index is 0.207. The average Bonchev–Trinajstić information content (AvgIpc) is 2.53. The highest BCUT2D eigenvalue weighted by molar-refractivity contribution is 5.91. The molecule has 4 heteroatoms. The molecule has 0 saturated carbocycles. The zero-order valence-corrected chi connectivity index (χ0v) is 13.7. The summed E-state index contributed by atoms with van der Waals surface area (Å²) in [6.45, 7) is 6.01. The van der Waals surface area contributed by atoms with Gasteiger partial charge in [0, 0.05) is 0 Å². The van der Waals surface area contributed by atoms with Crippen LogP contribution >= 0.6 is 0 Å². The van der Waals surface area contributed by atoms with Crippen LogP contribution in [0.4, 0.5) is 10.5 Å². The van der Waals surface area contributed by atoms with Crippen molar-refractivity contribution in [3.8, 4) is 5.75 Å². The molecule has 0 radical (unpaired) electrons. The van der Waals surface area contributed by atoms with Gasteiger partial charge in [0.1, 0.15) is 18.0 Å². The van der Waals surface area contributed by atoms with E-state index in [1.807, 2.05) is 75.4 Å². The molecule has 1 aliphatic rings.